The molecule has 0 unspecified atom stereocenters. The van der Waals surface area contributed by atoms with Gasteiger partial charge in [-0.2, -0.15) is 0 Å². The minimum Gasteiger partial charge on any atom is -0.330 e. The molecule has 0 amide bonds. The third kappa shape index (κ3) is 4.84. The Hall–Kier alpha value is -0.930. The van der Waals surface area contributed by atoms with Crippen LogP contribution in [0.3, 0.4) is 0 Å². The lowest BCUT2D eigenvalue weighted by Gasteiger charge is -2.31. The van der Waals surface area contributed by atoms with Crippen LogP contribution >= 0.6 is 0 Å². The maximum Gasteiger partial charge on any atom is 0.123 e. The van der Waals surface area contributed by atoms with Gasteiger partial charge in [-0.3, -0.25) is 4.90 Å². The van der Waals surface area contributed by atoms with Crippen molar-refractivity contribution in [3.63, 3.8) is 0 Å². The van der Waals surface area contributed by atoms with Crippen LogP contribution in [0, 0.1) is 11.2 Å². The molecule has 1 rings (SSSR count). The third-order valence-corrected chi connectivity index (χ3v) is 2.97. The van der Waals surface area contributed by atoms with Gasteiger partial charge in [0.1, 0.15) is 5.82 Å². The van der Waals surface area contributed by atoms with Crippen LogP contribution in [0.15, 0.2) is 24.3 Å². The average molecular weight is 238 g/mol. The topological polar surface area (TPSA) is 29.3 Å². The lowest BCUT2D eigenvalue weighted by molar-refractivity contribution is 0.183. The van der Waals surface area contributed by atoms with Gasteiger partial charge in [-0.1, -0.05) is 32.9 Å². The zero-order valence-electron chi connectivity index (χ0n) is 11.0. The first-order valence-corrected chi connectivity index (χ1v) is 6.14. The molecule has 0 radical (unpaired) electrons. The zero-order valence-corrected chi connectivity index (χ0v) is 11.0. The van der Waals surface area contributed by atoms with Gasteiger partial charge >= 0.3 is 0 Å². The minimum atomic E-state index is -0.181. The number of rotatable bonds is 6. The van der Waals surface area contributed by atoms with Crippen molar-refractivity contribution in [2.45, 2.75) is 27.3 Å². The lowest BCUT2D eigenvalue weighted by atomic mass is 9.93. The zero-order chi connectivity index (χ0) is 12.9. The van der Waals surface area contributed by atoms with Crippen molar-refractivity contribution in [2.24, 2.45) is 11.1 Å². The van der Waals surface area contributed by atoms with Crippen LogP contribution in [-0.2, 0) is 6.54 Å². The summed E-state index contributed by atoms with van der Waals surface area (Å²) in [6, 6.07) is 6.70. The van der Waals surface area contributed by atoms with E-state index in [9.17, 15) is 4.39 Å². The van der Waals surface area contributed by atoms with Gasteiger partial charge in [0.05, 0.1) is 0 Å². The Balaban J connectivity index is 2.61. The molecule has 17 heavy (non-hydrogen) atoms. The minimum absolute atomic E-state index is 0.121. The number of halogens is 1. The Labute approximate surface area is 104 Å². The molecule has 1 aromatic carbocycles. The number of hydrogen-bond acceptors (Lipinski definition) is 2. The molecule has 0 aliphatic carbocycles. The quantitative estimate of drug-likeness (QED) is 0.825. The highest BCUT2D eigenvalue weighted by atomic mass is 19.1. The Morgan fingerprint density at radius 3 is 2.29 bits per heavy atom. The van der Waals surface area contributed by atoms with Crippen molar-refractivity contribution in [2.75, 3.05) is 19.6 Å². The smallest absolute Gasteiger partial charge is 0.123 e. The summed E-state index contributed by atoms with van der Waals surface area (Å²) in [5.74, 6) is -0.181. The van der Waals surface area contributed by atoms with E-state index in [1.807, 2.05) is 12.1 Å². The van der Waals surface area contributed by atoms with Gasteiger partial charge in [-0.15, -0.1) is 0 Å². The second-order valence-corrected chi connectivity index (χ2v) is 5.30. The fraction of sp³-hybridized carbons (Fsp3) is 0.571. The second-order valence-electron chi connectivity index (χ2n) is 5.30. The van der Waals surface area contributed by atoms with Crippen LogP contribution < -0.4 is 5.73 Å². The largest absolute Gasteiger partial charge is 0.330 e. The molecule has 3 heteroatoms. The van der Waals surface area contributed by atoms with E-state index >= 15 is 0 Å². The summed E-state index contributed by atoms with van der Waals surface area (Å²) < 4.78 is 12.8. The molecule has 0 aliphatic heterocycles. The summed E-state index contributed by atoms with van der Waals surface area (Å²) in [7, 11) is 0. The van der Waals surface area contributed by atoms with Crippen molar-refractivity contribution in [1.82, 2.24) is 4.90 Å². The molecule has 0 heterocycles. The average Bonchev–Trinajstić information content (AvgIpc) is 2.31. The second kappa shape index (κ2) is 6.12. The molecule has 0 atom stereocenters. The molecule has 0 fully saturated rings. The van der Waals surface area contributed by atoms with Crippen molar-refractivity contribution >= 4 is 0 Å². The van der Waals surface area contributed by atoms with E-state index in [1.54, 1.807) is 0 Å². The summed E-state index contributed by atoms with van der Waals surface area (Å²) in [5.41, 5.74) is 7.01. The Morgan fingerprint density at radius 2 is 1.82 bits per heavy atom. The maximum absolute atomic E-state index is 12.8. The summed E-state index contributed by atoms with van der Waals surface area (Å²) in [6.07, 6.45) is 0. The van der Waals surface area contributed by atoms with Crippen LogP contribution in [0.25, 0.3) is 0 Å². The summed E-state index contributed by atoms with van der Waals surface area (Å²) in [6.45, 7) is 9.92. The van der Waals surface area contributed by atoms with Crippen LogP contribution in [-0.4, -0.2) is 24.5 Å². The van der Waals surface area contributed by atoms with E-state index in [-0.39, 0.29) is 11.2 Å². The molecule has 2 nitrogen and oxygen atoms in total. The predicted molar refractivity (Wildman–Crippen MR) is 70.2 cm³/mol. The summed E-state index contributed by atoms with van der Waals surface area (Å²) in [5, 5.41) is 0. The molecule has 1 aromatic rings. The molecule has 0 saturated heterocycles. The van der Waals surface area contributed by atoms with Gasteiger partial charge in [-0.05, 0) is 36.2 Å². The first-order chi connectivity index (χ1) is 7.96. The fourth-order valence-corrected chi connectivity index (χ4v) is 1.80. The predicted octanol–water partition coefficient (Wildman–Crippen LogP) is 2.63. The van der Waals surface area contributed by atoms with Gasteiger partial charge in [-0.25, -0.2) is 4.39 Å². The normalized spacial score (nSPS) is 12.1. The maximum atomic E-state index is 12.8. The van der Waals surface area contributed by atoms with E-state index in [4.69, 9.17) is 5.73 Å². The van der Waals surface area contributed by atoms with E-state index in [0.29, 0.717) is 6.54 Å². The Morgan fingerprint density at radius 1 is 1.24 bits per heavy atom. The third-order valence-electron chi connectivity index (χ3n) is 2.97. The van der Waals surface area contributed by atoms with Crippen LogP contribution in [0.1, 0.15) is 26.3 Å². The summed E-state index contributed by atoms with van der Waals surface area (Å²) in [4.78, 5) is 2.33. The van der Waals surface area contributed by atoms with Crippen molar-refractivity contribution < 1.29 is 4.39 Å². The van der Waals surface area contributed by atoms with Gasteiger partial charge in [0.2, 0.25) is 0 Å². The molecule has 0 aromatic heterocycles. The van der Waals surface area contributed by atoms with Crippen LogP contribution in [0.4, 0.5) is 4.39 Å². The SMILES string of the molecule is CCN(Cc1ccc(F)cc1)CC(C)(C)CN. The van der Waals surface area contributed by atoms with Crippen LogP contribution in [0.5, 0.6) is 0 Å². The van der Waals surface area contributed by atoms with Crippen LogP contribution in [0.2, 0.25) is 0 Å². The Bertz CT molecular complexity index is 333. The van der Waals surface area contributed by atoms with E-state index in [0.717, 1.165) is 25.2 Å². The molecular formula is C14H23FN2. The van der Waals surface area contributed by atoms with Crippen molar-refractivity contribution in [3.8, 4) is 0 Å². The first kappa shape index (κ1) is 14.1. The first-order valence-electron chi connectivity index (χ1n) is 6.14. The van der Waals surface area contributed by atoms with Gasteiger partial charge in [0, 0.05) is 13.1 Å². The van der Waals surface area contributed by atoms with Gasteiger partial charge in [0.25, 0.3) is 0 Å². The molecule has 2 N–H and O–H groups in total. The lowest BCUT2D eigenvalue weighted by Crippen LogP contribution is -2.38. The monoisotopic (exact) mass is 238 g/mol. The highest BCUT2D eigenvalue weighted by molar-refractivity contribution is 5.15. The summed E-state index contributed by atoms with van der Waals surface area (Å²) >= 11 is 0. The Kier molecular flexibility index (Phi) is 5.09. The highest BCUT2D eigenvalue weighted by Crippen LogP contribution is 2.16. The standard InChI is InChI=1S/C14H23FN2/c1-4-17(11-14(2,3)10-16)9-12-5-7-13(15)8-6-12/h5-8H,4,9-11,16H2,1-3H3. The molecule has 0 saturated carbocycles. The van der Waals surface area contributed by atoms with Crippen molar-refractivity contribution in [1.29, 1.82) is 0 Å². The number of benzene rings is 1. The molecule has 0 aliphatic rings. The molecule has 96 valence electrons. The van der Waals surface area contributed by atoms with E-state index in [2.05, 4.69) is 25.7 Å². The number of hydrogen-bond donors (Lipinski definition) is 1. The van der Waals surface area contributed by atoms with Gasteiger partial charge in [0.15, 0.2) is 0 Å². The molecule has 0 spiro atoms. The van der Waals surface area contributed by atoms with E-state index < -0.39 is 0 Å². The number of nitrogens with zero attached hydrogens (tertiary/aromatic N) is 1. The fourth-order valence-electron chi connectivity index (χ4n) is 1.80. The highest BCUT2D eigenvalue weighted by Gasteiger charge is 2.19. The molecular weight excluding hydrogens is 215 g/mol. The van der Waals surface area contributed by atoms with E-state index in [1.165, 1.54) is 12.1 Å². The number of nitrogens with two attached hydrogens (primary N) is 1. The van der Waals surface area contributed by atoms with Crippen molar-refractivity contribution in [3.05, 3.63) is 35.6 Å². The molecule has 0 bridgehead atoms. The van der Waals surface area contributed by atoms with Gasteiger partial charge < -0.3 is 5.73 Å².